The first-order valence-corrected chi connectivity index (χ1v) is 9.95. The maximum absolute atomic E-state index is 14.9. The minimum atomic E-state index is -0.678. The second kappa shape index (κ2) is 9.69. The molecule has 0 amide bonds. The van der Waals surface area contributed by atoms with Gasteiger partial charge in [0, 0.05) is 34.9 Å². The van der Waals surface area contributed by atoms with Crippen molar-refractivity contribution in [1.29, 1.82) is 0 Å². The van der Waals surface area contributed by atoms with Crippen molar-refractivity contribution in [2.24, 2.45) is 0 Å². The fourth-order valence-corrected chi connectivity index (χ4v) is 3.42. The molecule has 0 radical (unpaired) electrons. The van der Waals surface area contributed by atoms with Crippen LogP contribution in [0.5, 0.6) is 5.75 Å². The normalized spacial score (nSPS) is 13.8. The van der Waals surface area contributed by atoms with Crippen LogP contribution in [-0.4, -0.2) is 18.6 Å². The Morgan fingerprint density at radius 2 is 1.64 bits per heavy atom. The lowest BCUT2D eigenvalue weighted by Gasteiger charge is -2.31. The van der Waals surface area contributed by atoms with E-state index in [1.807, 2.05) is 50.3 Å². The van der Waals surface area contributed by atoms with Crippen LogP contribution < -0.4 is 4.74 Å². The second-order valence-corrected chi connectivity index (χ2v) is 6.68. The number of halogens is 3. The van der Waals surface area contributed by atoms with Gasteiger partial charge < -0.3 is 9.64 Å². The van der Waals surface area contributed by atoms with Crippen molar-refractivity contribution in [3.63, 3.8) is 0 Å². The topological polar surface area (TPSA) is 12.5 Å². The molecule has 0 spiro atoms. The van der Waals surface area contributed by atoms with Gasteiger partial charge in [-0.15, -0.1) is 0 Å². The number of nitrogens with zero attached hydrogens (tertiary/aromatic N) is 1. The first-order chi connectivity index (χ1) is 13.4. The van der Waals surface area contributed by atoms with Gasteiger partial charge in [0.05, 0.1) is 17.9 Å². The number of likely N-dealkylation sites (N-methyl/N-ethyl adjacent to an activating group) is 1. The summed E-state index contributed by atoms with van der Waals surface area (Å²) in [4.78, 5) is 1.69. The Balaban J connectivity index is 0.00000136. The van der Waals surface area contributed by atoms with Crippen LogP contribution in [0.4, 0.5) is 8.78 Å². The molecule has 2 nitrogen and oxygen atoms in total. The molecule has 0 bridgehead atoms. The number of allylic oxidation sites excluding steroid dienone is 3. The van der Waals surface area contributed by atoms with Crippen molar-refractivity contribution >= 4 is 27.2 Å². The predicted molar refractivity (Wildman–Crippen MR) is 116 cm³/mol. The van der Waals surface area contributed by atoms with Gasteiger partial charge in [-0.2, -0.15) is 0 Å². The number of ether oxygens (including phenoxy) is 1. The van der Waals surface area contributed by atoms with Crippen LogP contribution in [0.2, 0.25) is 0 Å². The van der Waals surface area contributed by atoms with Crippen molar-refractivity contribution in [1.82, 2.24) is 4.90 Å². The summed E-state index contributed by atoms with van der Waals surface area (Å²) in [5, 5.41) is 0. The minimum absolute atomic E-state index is 0.104. The van der Waals surface area contributed by atoms with Gasteiger partial charge in [-0.3, -0.25) is 0 Å². The second-order valence-electron chi connectivity index (χ2n) is 5.82. The van der Waals surface area contributed by atoms with Crippen molar-refractivity contribution in [3.05, 3.63) is 88.1 Å². The molecule has 0 saturated carbocycles. The molecular formula is C23H24BrF2NO. The molecule has 28 heavy (non-hydrogen) atoms. The van der Waals surface area contributed by atoms with Gasteiger partial charge >= 0.3 is 0 Å². The predicted octanol–water partition coefficient (Wildman–Crippen LogP) is 7.00. The lowest BCUT2D eigenvalue weighted by molar-refractivity contribution is 0.335. The summed E-state index contributed by atoms with van der Waals surface area (Å²) < 4.78 is 35.7. The Morgan fingerprint density at radius 3 is 2.18 bits per heavy atom. The van der Waals surface area contributed by atoms with E-state index in [0.717, 1.165) is 10.0 Å². The fraction of sp³-hybridized carbons (Fsp3) is 0.217. The van der Waals surface area contributed by atoms with E-state index in [1.165, 1.54) is 12.1 Å². The Bertz CT molecular complexity index is 896. The van der Waals surface area contributed by atoms with Gasteiger partial charge in [0.1, 0.15) is 17.4 Å². The molecule has 2 aromatic rings. The van der Waals surface area contributed by atoms with Gasteiger partial charge in [-0.1, -0.05) is 50.8 Å². The highest BCUT2D eigenvalue weighted by Gasteiger charge is 2.27. The zero-order valence-corrected chi connectivity index (χ0v) is 18.1. The van der Waals surface area contributed by atoms with E-state index in [0.29, 0.717) is 23.6 Å². The van der Waals surface area contributed by atoms with Gasteiger partial charge in [0.15, 0.2) is 0 Å². The molecule has 0 aliphatic carbocycles. The highest BCUT2D eigenvalue weighted by Crippen LogP contribution is 2.42. The highest BCUT2D eigenvalue weighted by atomic mass is 79.9. The zero-order chi connectivity index (χ0) is 20.8. The van der Waals surface area contributed by atoms with E-state index in [4.69, 9.17) is 4.74 Å². The third-order valence-corrected chi connectivity index (χ3v) is 4.88. The summed E-state index contributed by atoms with van der Waals surface area (Å²) in [7, 11) is 1.74. The highest BCUT2D eigenvalue weighted by molar-refractivity contribution is 9.12. The molecule has 0 saturated heterocycles. The van der Waals surface area contributed by atoms with Gasteiger partial charge in [0.25, 0.3) is 0 Å². The SMILES string of the molecule is C=C1C(Br)=CC(c2ccccc2)=C(c2c(F)cc(OCC)cc2F)N1C.CC. The van der Waals surface area contributed by atoms with E-state index in [9.17, 15) is 8.78 Å². The van der Waals surface area contributed by atoms with Crippen LogP contribution >= 0.6 is 15.9 Å². The minimum Gasteiger partial charge on any atom is -0.494 e. The van der Waals surface area contributed by atoms with Crippen LogP contribution in [0.1, 0.15) is 31.9 Å². The van der Waals surface area contributed by atoms with Crippen molar-refractivity contribution in [3.8, 4) is 5.75 Å². The van der Waals surface area contributed by atoms with Crippen molar-refractivity contribution in [2.75, 3.05) is 13.7 Å². The Morgan fingerprint density at radius 1 is 1.07 bits per heavy atom. The summed E-state index contributed by atoms with van der Waals surface area (Å²) >= 11 is 3.48. The van der Waals surface area contributed by atoms with Crippen LogP contribution in [-0.2, 0) is 0 Å². The van der Waals surface area contributed by atoms with Crippen molar-refractivity contribution < 1.29 is 13.5 Å². The average Bonchev–Trinajstić information content (AvgIpc) is 2.69. The smallest absolute Gasteiger partial charge is 0.139 e. The van der Waals surface area contributed by atoms with Crippen LogP contribution in [0.3, 0.4) is 0 Å². The maximum Gasteiger partial charge on any atom is 0.139 e. The first-order valence-electron chi connectivity index (χ1n) is 9.16. The number of hydrogen-bond donors (Lipinski definition) is 0. The number of hydrogen-bond acceptors (Lipinski definition) is 2. The molecular weight excluding hydrogens is 424 g/mol. The molecule has 0 aromatic heterocycles. The molecule has 1 heterocycles. The van der Waals surface area contributed by atoms with Gasteiger partial charge in [-0.05, 0) is 34.5 Å². The largest absolute Gasteiger partial charge is 0.494 e. The van der Waals surface area contributed by atoms with E-state index in [-0.39, 0.29) is 11.3 Å². The zero-order valence-electron chi connectivity index (χ0n) is 16.5. The van der Waals surface area contributed by atoms with Gasteiger partial charge in [0.2, 0.25) is 0 Å². The molecule has 1 aliphatic heterocycles. The van der Waals surface area contributed by atoms with Crippen molar-refractivity contribution in [2.45, 2.75) is 20.8 Å². The van der Waals surface area contributed by atoms with E-state index in [1.54, 1.807) is 18.9 Å². The molecule has 3 rings (SSSR count). The van der Waals surface area contributed by atoms with Crippen LogP contribution in [0.15, 0.2) is 65.3 Å². The summed E-state index contributed by atoms with van der Waals surface area (Å²) in [6, 6.07) is 11.9. The summed E-state index contributed by atoms with van der Waals surface area (Å²) in [5.74, 6) is -1.19. The van der Waals surface area contributed by atoms with Crippen LogP contribution in [0, 0.1) is 11.6 Å². The van der Waals surface area contributed by atoms with E-state index < -0.39 is 11.6 Å². The molecule has 0 N–H and O–H groups in total. The Labute approximate surface area is 174 Å². The third-order valence-electron chi connectivity index (χ3n) is 4.19. The summed E-state index contributed by atoms with van der Waals surface area (Å²) in [6.07, 6.45) is 1.84. The Hall–Kier alpha value is -2.40. The molecule has 148 valence electrons. The third kappa shape index (κ3) is 4.36. The maximum atomic E-state index is 14.9. The van der Waals surface area contributed by atoms with Crippen LogP contribution in [0.25, 0.3) is 11.3 Å². The molecule has 0 fully saturated rings. The average molecular weight is 448 g/mol. The lowest BCUT2D eigenvalue weighted by Crippen LogP contribution is -2.22. The summed E-state index contributed by atoms with van der Waals surface area (Å²) in [6.45, 7) is 10.1. The lowest BCUT2D eigenvalue weighted by atomic mass is 9.94. The van der Waals surface area contributed by atoms with E-state index in [2.05, 4.69) is 22.5 Å². The fourth-order valence-electron chi connectivity index (χ4n) is 2.92. The number of benzene rings is 2. The molecule has 2 aromatic carbocycles. The first kappa shape index (κ1) is 21.9. The monoisotopic (exact) mass is 447 g/mol. The molecule has 5 heteroatoms. The number of rotatable bonds is 4. The quantitative estimate of drug-likeness (QED) is 0.500. The van der Waals surface area contributed by atoms with E-state index >= 15 is 0 Å². The Kier molecular flexibility index (Phi) is 7.58. The van der Waals surface area contributed by atoms with Gasteiger partial charge in [-0.25, -0.2) is 8.78 Å². The molecule has 1 aliphatic rings. The molecule has 0 unspecified atom stereocenters. The molecule has 0 atom stereocenters. The summed E-state index contributed by atoms with van der Waals surface area (Å²) in [5.41, 5.74) is 2.49. The standard InChI is InChI=1S/C21H18BrF2NO.C2H6/c1-4-26-15-10-18(23)20(19(24)11-15)21-16(14-8-6-5-7-9-14)12-17(22)13(2)25(21)3;1-2/h5-12H,2,4H2,1,3H3;1-2H3.